The molecular weight excluding hydrogens is 1090 g/mol. The summed E-state index contributed by atoms with van der Waals surface area (Å²) < 4.78 is 0. The van der Waals surface area contributed by atoms with Crippen molar-refractivity contribution in [3.8, 4) is 0 Å². The van der Waals surface area contributed by atoms with Crippen LogP contribution in [0.4, 0.5) is 59.0 Å². The number of hydrogen-bond donors (Lipinski definition) is 0. The molecule has 0 aliphatic heterocycles. The molecule has 0 bridgehead atoms. The van der Waals surface area contributed by atoms with E-state index in [0.717, 1.165) is 202 Å². The van der Waals surface area contributed by atoms with Gasteiger partial charge in [-0.1, -0.05) is 155 Å². The smallest absolute Gasteiger partial charge is 0.753 e. The molecular formula is C60H88FeN18S2. The first-order valence-electron chi connectivity index (χ1n) is 29.0. The fraction of sp³-hybridized carbons (Fsp3) is 0.533. The van der Waals surface area contributed by atoms with Gasteiger partial charge in [0.15, 0.2) is 0 Å². The summed E-state index contributed by atoms with van der Waals surface area (Å²) in [7, 11) is 0. The second-order valence-electron chi connectivity index (χ2n) is 18.9. The normalized spacial score (nSPS) is 10.2. The number of unbranched alkanes of at least 4 members (excludes halogenated alkanes) is 8. The summed E-state index contributed by atoms with van der Waals surface area (Å²) in [5.74, 6) is 6.94. The molecule has 0 fully saturated rings. The predicted molar refractivity (Wildman–Crippen MR) is 340 cm³/mol. The second kappa shape index (κ2) is 44.2. The molecule has 0 radical (unpaired) electrons. The Labute approximate surface area is 506 Å². The molecule has 0 unspecified atom stereocenters. The maximum Gasteiger partial charge on any atom is 2.00 e. The van der Waals surface area contributed by atoms with Crippen LogP contribution in [-0.2, 0) is 17.1 Å². The maximum atomic E-state index is 7.13. The van der Waals surface area contributed by atoms with Gasteiger partial charge in [-0.15, -0.1) is 0 Å². The van der Waals surface area contributed by atoms with Crippen LogP contribution >= 0.6 is 24.4 Å². The molecule has 6 rings (SSSR count). The first kappa shape index (κ1) is 70.6. The minimum atomic E-state index is 0. The van der Waals surface area contributed by atoms with Crippen LogP contribution in [0.25, 0.3) is 10.8 Å². The predicted octanol–water partition coefficient (Wildman–Crippen LogP) is 15.2. The summed E-state index contributed by atoms with van der Waals surface area (Å²) >= 11 is 7.40. The Kier molecular flexibility index (Phi) is 38.6. The van der Waals surface area contributed by atoms with Crippen LogP contribution in [0.15, 0.2) is 97.6 Å². The van der Waals surface area contributed by atoms with Gasteiger partial charge in [0.05, 0.1) is 0 Å². The van der Waals surface area contributed by atoms with Gasteiger partial charge in [0.1, 0.15) is 23.3 Å². The second-order valence-corrected chi connectivity index (χ2v) is 19.2. The Balaban J connectivity index is 0.000000499. The van der Waals surface area contributed by atoms with Crippen LogP contribution in [0.3, 0.4) is 0 Å². The Hall–Kier alpha value is -6.46. The zero-order valence-corrected chi connectivity index (χ0v) is 52.2. The summed E-state index contributed by atoms with van der Waals surface area (Å²) in [6.45, 7) is 25.2. The first-order valence-corrected chi connectivity index (χ1v) is 29.9. The van der Waals surface area contributed by atoms with E-state index in [1.54, 1.807) is 24.8 Å². The van der Waals surface area contributed by atoms with Crippen molar-refractivity contribution in [1.82, 2.24) is 49.8 Å². The van der Waals surface area contributed by atoms with Gasteiger partial charge in [-0.05, 0) is 99.9 Å². The molecule has 0 spiro atoms. The van der Waals surface area contributed by atoms with Gasteiger partial charge in [-0.2, -0.15) is 40.2 Å². The van der Waals surface area contributed by atoms with Crippen molar-refractivity contribution in [3.63, 3.8) is 0 Å². The van der Waals surface area contributed by atoms with Gasteiger partial charge >= 0.3 is 17.1 Å². The molecule has 6 aromatic heterocycles. The van der Waals surface area contributed by atoms with Crippen molar-refractivity contribution in [2.75, 3.05) is 81.8 Å². The fourth-order valence-corrected chi connectivity index (χ4v) is 8.08. The first-order chi connectivity index (χ1) is 39.2. The number of hydrogen-bond acceptors (Lipinski definition) is 18. The molecule has 6 heterocycles. The molecule has 0 atom stereocenters. The molecule has 438 valence electrons. The van der Waals surface area contributed by atoms with E-state index in [2.05, 4.69) is 119 Å². The zero-order chi connectivity index (χ0) is 58.0. The van der Waals surface area contributed by atoms with E-state index in [1.807, 2.05) is 82.6 Å². The molecule has 0 amide bonds. The van der Waals surface area contributed by atoms with Crippen LogP contribution in [0.2, 0.25) is 0 Å². The molecule has 0 aliphatic carbocycles. The molecule has 6 aromatic rings. The van der Waals surface area contributed by atoms with Crippen molar-refractivity contribution in [2.45, 2.75) is 158 Å². The number of pyridine rings is 4. The Morgan fingerprint density at radius 1 is 0.321 bits per heavy atom. The molecule has 81 heavy (non-hydrogen) atoms. The van der Waals surface area contributed by atoms with Gasteiger partial charge < -0.3 is 30.4 Å². The summed E-state index contributed by atoms with van der Waals surface area (Å²) in [4.78, 5) is 62.1. The third-order valence-electron chi connectivity index (χ3n) is 12.5. The van der Waals surface area contributed by atoms with E-state index >= 15 is 0 Å². The van der Waals surface area contributed by atoms with Gasteiger partial charge in [0.2, 0.25) is 35.7 Å². The van der Waals surface area contributed by atoms with E-state index in [-0.39, 0.29) is 17.1 Å². The summed E-state index contributed by atoms with van der Waals surface area (Å²) in [6.07, 6.45) is 24.9. The fourth-order valence-electron chi connectivity index (χ4n) is 8.08. The zero-order valence-electron chi connectivity index (χ0n) is 49.4. The number of nitrogens with zero attached hydrogens (tertiary/aromatic N) is 18. The third kappa shape index (κ3) is 25.5. The van der Waals surface area contributed by atoms with Crippen molar-refractivity contribution < 1.29 is 17.1 Å². The van der Waals surface area contributed by atoms with Gasteiger partial charge in [-0.3, -0.25) is 0 Å². The van der Waals surface area contributed by atoms with E-state index in [9.17, 15) is 0 Å². The molecule has 0 saturated heterocycles. The maximum absolute atomic E-state index is 7.13. The summed E-state index contributed by atoms with van der Waals surface area (Å²) in [5.41, 5.74) is 0. The largest absolute Gasteiger partial charge is 2.00 e. The topological polar surface area (TPSA) is 193 Å². The van der Waals surface area contributed by atoms with E-state index in [1.165, 1.54) is 10.3 Å². The minimum Gasteiger partial charge on any atom is -0.753 e. The molecule has 18 nitrogen and oxygen atoms in total. The quantitative estimate of drug-likeness (QED) is 0.0210. The molecule has 0 saturated carbocycles. The number of anilines is 10. The van der Waals surface area contributed by atoms with Crippen LogP contribution in [-0.4, -0.2) is 113 Å². The average Bonchev–Trinajstić information content (AvgIpc) is 3.53. The summed E-state index contributed by atoms with van der Waals surface area (Å²) in [6, 6.07) is 23.4. The van der Waals surface area contributed by atoms with Crippen LogP contribution < -0.4 is 29.4 Å². The van der Waals surface area contributed by atoms with Crippen molar-refractivity contribution in [1.29, 1.82) is 0 Å². The van der Waals surface area contributed by atoms with Crippen molar-refractivity contribution >= 4 is 93.7 Å². The standard InChI is InChI=1S/2C29H44N8.2CNS.Fe/c2*1-5-9-21-35(22-10-6-2)27-32-28(36(23-11-7-3)24-12-8-4)34-29(33-27)37(25-17-13-15-19-30-25)26-18-14-16-20-31-26;2*2-1-3;/h2*13-20H,5-12,21-24H2,1-4H3;;;/q;;2*-1;+2. The average molecular weight is 1180 g/mol. The number of thiocarbonyl (C=S) groups is 2. The number of isothiocyanates is 2. The summed E-state index contributed by atoms with van der Waals surface area (Å²) in [5, 5.41) is 16.9. The molecule has 21 heteroatoms. The van der Waals surface area contributed by atoms with Gasteiger partial charge in [0.25, 0.3) is 0 Å². The van der Waals surface area contributed by atoms with Gasteiger partial charge in [-0.25, -0.2) is 29.7 Å². The Morgan fingerprint density at radius 2 is 0.494 bits per heavy atom. The molecule has 0 aliphatic rings. The monoisotopic (exact) mass is 1180 g/mol. The van der Waals surface area contributed by atoms with Crippen LogP contribution in [0, 0.1) is 0 Å². The molecule has 0 aromatic carbocycles. The van der Waals surface area contributed by atoms with E-state index in [0.29, 0.717) is 11.9 Å². The minimum absolute atomic E-state index is 0. The Bertz CT molecular complexity index is 2220. The van der Waals surface area contributed by atoms with E-state index < -0.39 is 0 Å². The van der Waals surface area contributed by atoms with E-state index in [4.69, 9.17) is 40.7 Å². The third-order valence-corrected chi connectivity index (χ3v) is 12.5. The SMILES string of the molecule is CCCCN(CCCC)c1nc(N(CCCC)CCCC)nc(N(c2ccccn2)c2ccccn2)n1.CCCCN(CCCC)c1nc(N(CCCC)CCCC)nc(N(c2ccccn2)c2ccccn2)n1.[Fe+2].[N-]=C=S.[N-]=C=S. The van der Waals surface area contributed by atoms with Crippen molar-refractivity contribution in [3.05, 3.63) is 108 Å². The molecule has 0 N–H and O–H groups in total. The number of aromatic nitrogens is 10. The Morgan fingerprint density at radius 3 is 0.642 bits per heavy atom. The van der Waals surface area contributed by atoms with Crippen LogP contribution in [0.1, 0.15) is 158 Å². The number of rotatable bonds is 34. The van der Waals surface area contributed by atoms with Crippen LogP contribution in [0.5, 0.6) is 0 Å². The van der Waals surface area contributed by atoms with Crippen molar-refractivity contribution in [2.24, 2.45) is 0 Å². The van der Waals surface area contributed by atoms with Gasteiger partial charge in [0, 0.05) is 77.1 Å².